The second-order valence-corrected chi connectivity index (χ2v) is 5.50. The molecule has 0 spiro atoms. The van der Waals surface area contributed by atoms with Gasteiger partial charge in [-0.3, -0.25) is 0 Å². The molecule has 2 aromatic rings. The molecule has 0 bridgehead atoms. The van der Waals surface area contributed by atoms with Crippen LogP contribution in [-0.2, 0) is 6.54 Å². The minimum Gasteiger partial charge on any atom is -0.496 e. The van der Waals surface area contributed by atoms with E-state index < -0.39 is 0 Å². The third kappa shape index (κ3) is 3.58. The Morgan fingerprint density at radius 1 is 1.25 bits per heavy atom. The first-order chi connectivity index (χ1) is 9.61. The molecular weight excluding hydrogens is 321 g/mol. The van der Waals surface area contributed by atoms with Crippen LogP contribution < -0.4 is 10.1 Å². The molecule has 2 aromatic carbocycles. The number of rotatable bonds is 5. The molecule has 0 saturated heterocycles. The molecule has 0 aromatic heterocycles. The van der Waals surface area contributed by atoms with Crippen LogP contribution in [0.5, 0.6) is 5.75 Å². The number of methoxy groups -OCH3 is 1. The van der Waals surface area contributed by atoms with Gasteiger partial charge in [0.1, 0.15) is 11.6 Å². The molecule has 0 aliphatic rings. The summed E-state index contributed by atoms with van der Waals surface area (Å²) in [5, 5.41) is 3.32. The van der Waals surface area contributed by atoms with Gasteiger partial charge in [0.2, 0.25) is 0 Å². The molecule has 0 amide bonds. The lowest BCUT2D eigenvalue weighted by atomic mass is 10.1. The van der Waals surface area contributed by atoms with Crippen molar-refractivity contribution in [2.24, 2.45) is 0 Å². The Hall–Kier alpha value is -1.39. The largest absolute Gasteiger partial charge is 0.496 e. The van der Waals surface area contributed by atoms with E-state index in [1.54, 1.807) is 19.2 Å². The second kappa shape index (κ2) is 6.86. The Kier molecular flexibility index (Phi) is 5.15. The van der Waals surface area contributed by atoms with Gasteiger partial charge < -0.3 is 10.1 Å². The molecule has 0 fully saturated rings. The highest BCUT2D eigenvalue weighted by molar-refractivity contribution is 9.10. The lowest BCUT2D eigenvalue weighted by molar-refractivity contribution is 0.401. The van der Waals surface area contributed by atoms with Crippen LogP contribution in [0, 0.1) is 5.82 Å². The summed E-state index contributed by atoms with van der Waals surface area (Å²) in [6.07, 6.45) is 0. The highest BCUT2D eigenvalue weighted by Gasteiger charge is 2.11. The Morgan fingerprint density at radius 3 is 2.75 bits per heavy atom. The molecule has 2 nitrogen and oxygen atoms in total. The van der Waals surface area contributed by atoms with Gasteiger partial charge in [-0.25, -0.2) is 4.39 Å². The summed E-state index contributed by atoms with van der Waals surface area (Å²) in [6.45, 7) is 2.50. The standard InChI is InChI=1S/C16H17BrFNO/c1-11(14-5-3-4-6-16(14)20-2)19-10-12-9-13(17)7-8-15(12)18/h3-9,11,19H,10H2,1-2H3/t11-/m1/s1. The average Bonchev–Trinajstić information content (AvgIpc) is 2.47. The predicted molar refractivity (Wildman–Crippen MR) is 82.3 cm³/mol. The van der Waals surface area contributed by atoms with Gasteiger partial charge in [-0.05, 0) is 31.2 Å². The van der Waals surface area contributed by atoms with E-state index in [0.29, 0.717) is 12.1 Å². The smallest absolute Gasteiger partial charge is 0.127 e. The Labute approximate surface area is 127 Å². The van der Waals surface area contributed by atoms with Crippen molar-refractivity contribution in [2.45, 2.75) is 19.5 Å². The van der Waals surface area contributed by atoms with Gasteiger partial charge in [0, 0.05) is 28.2 Å². The maximum Gasteiger partial charge on any atom is 0.127 e. The van der Waals surface area contributed by atoms with Crippen LogP contribution in [0.3, 0.4) is 0 Å². The highest BCUT2D eigenvalue weighted by atomic mass is 79.9. The molecular formula is C16H17BrFNO. The van der Waals surface area contributed by atoms with Crippen LogP contribution in [-0.4, -0.2) is 7.11 Å². The van der Waals surface area contributed by atoms with Gasteiger partial charge in [0.05, 0.1) is 7.11 Å². The number of ether oxygens (including phenoxy) is 1. The first-order valence-corrected chi connectivity index (χ1v) is 7.21. The molecule has 0 radical (unpaired) electrons. The molecule has 4 heteroatoms. The minimum absolute atomic E-state index is 0.0736. The van der Waals surface area contributed by atoms with Crippen LogP contribution >= 0.6 is 15.9 Å². The Morgan fingerprint density at radius 2 is 2.00 bits per heavy atom. The fourth-order valence-electron chi connectivity index (χ4n) is 2.08. The fraction of sp³-hybridized carbons (Fsp3) is 0.250. The van der Waals surface area contributed by atoms with Crippen molar-refractivity contribution in [1.29, 1.82) is 0 Å². The molecule has 1 atom stereocenters. The normalized spacial score (nSPS) is 12.2. The minimum atomic E-state index is -0.201. The van der Waals surface area contributed by atoms with E-state index in [2.05, 4.69) is 21.2 Å². The summed E-state index contributed by atoms with van der Waals surface area (Å²) in [6, 6.07) is 12.9. The molecule has 20 heavy (non-hydrogen) atoms. The van der Waals surface area contributed by atoms with Crippen LogP contribution in [0.15, 0.2) is 46.9 Å². The molecule has 0 heterocycles. The SMILES string of the molecule is COc1ccccc1[C@@H](C)NCc1cc(Br)ccc1F. The number of para-hydroxylation sites is 1. The third-order valence-electron chi connectivity index (χ3n) is 3.21. The Bertz CT molecular complexity index is 588. The number of halogens is 2. The van der Waals surface area contributed by atoms with Crippen LogP contribution in [0.25, 0.3) is 0 Å². The molecule has 2 rings (SSSR count). The molecule has 0 saturated carbocycles. The topological polar surface area (TPSA) is 21.3 Å². The van der Waals surface area contributed by atoms with Gasteiger partial charge in [0.15, 0.2) is 0 Å². The quantitative estimate of drug-likeness (QED) is 0.870. The summed E-state index contributed by atoms with van der Waals surface area (Å²) < 4.78 is 19.9. The number of hydrogen-bond donors (Lipinski definition) is 1. The van der Waals surface area contributed by atoms with Crippen LogP contribution in [0.2, 0.25) is 0 Å². The van der Waals surface area contributed by atoms with Crippen LogP contribution in [0.1, 0.15) is 24.1 Å². The molecule has 0 aliphatic carbocycles. The second-order valence-electron chi connectivity index (χ2n) is 4.58. The van der Waals surface area contributed by atoms with Crippen LogP contribution in [0.4, 0.5) is 4.39 Å². The van der Waals surface area contributed by atoms with Gasteiger partial charge in [0.25, 0.3) is 0 Å². The fourth-order valence-corrected chi connectivity index (χ4v) is 2.48. The van der Waals surface area contributed by atoms with Crippen molar-refractivity contribution >= 4 is 15.9 Å². The summed E-state index contributed by atoms with van der Waals surface area (Å²) in [7, 11) is 1.65. The van der Waals surface area contributed by atoms with Gasteiger partial charge in [-0.2, -0.15) is 0 Å². The lowest BCUT2D eigenvalue weighted by Crippen LogP contribution is -2.19. The van der Waals surface area contributed by atoms with Gasteiger partial charge in [-0.1, -0.05) is 34.1 Å². The van der Waals surface area contributed by atoms with Crippen molar-refractivity contribution in [1.82, 2.24) is 5.32 Å². The van der Waals surface area contributed by atoms with Gasteiger partial charge >= 0.3 is 0 Å². The lowest BCUT2D eigenvalue weighted by Gasteiger charge is -2.17. The molecule has 1 N–H and O–H groups in total. The maximum absolute atomic E-state index is 13.7. The van der Waals surface area contributed by atoms with E-state index in [4.69, 9.17) is 4.74 Å². The van der Waals surface area contributed by atoms with Crippen molar-refractivity contribution in [3.05, 3.63) is 63.9 Å². The van der Waals surface area contributed by atoms with Crippen molar-refractivity contribution in [2.75, 3.05) is 7.11 Å². The van der Waals surface area contributed by atoms with E-state index in [0.717, 1.165) is 15.8 Å². The molecule has 0 aliphatic heterocycles. The van der Waals surface area contributed by atoms with Crippen molar-refractivity contribution in [3.8, 4) is 5.75 Å². The zero-order valence-corrected chi connectivity index (χ0v) is 13.1. The number of benzene rings is 2. The monoisotopic (exact) mass is 337 g/mol. The van der Waals surface area contributed by atoms with E-state index in [9.17, 15) is 4.39 Å². The van der Waals surface area contributed by atoms with Crippen molar-refractivity contribution < 1.29 is 9.13 Å². The first-order valence-electron chi connectivity index (χ1n) is 6.42. The van der Waals surface area contributed by atoms with E-state index in [1.807, 2.05) is 31.2 Å². The number of nitrogens with one attached hydrogen (secondary N) is 1. The molecule has 106 valence electrons. The van der Waals surface area contributed by atoms with Crippen molar-refractivity contribution in [3.63, 3.8) is 0 Å². The Balaban J connectivity index is 2.08. The summed E-state index contributed by atoms with van der Waals surface area (Å²) >= 11 is 3.36. The highest BCUT2D eigenvalue weighted by Crippen LogP contribution is 2.25. The molecule has 0 unspecified atom stereocenters. The zero-order chi connectivity index (χ0) is 14.5. The average molecular weight is 338 g/mol. The van der Waals surface area contributed by atoms with E-state index >= 15 is 0 Å². The third-order valence-corrected chi connectivity index (χ3v) is 3.71. The zero-order valence-electron chi connectivity index (χ0n) is 11.5. The summed E-state index contributed by atoms with van der Waals surface area (Å²) in [5.74, 6) is 0.634. The van der Waals surface area contributed by atoms with E-state index in [-0.39, 0.29) is 11.9 Å². The first kappa shape index (κ1) is 15.0. The van der Waals surface area contributed by atoms with E-state index in [1.165, 1.54) is 6.07 Å². The maximum atomic E-state index is 13.7. The summed E-state index contributed by atoms with van der Waals surface area (Å²) in [5.41, 5.74) is 1.70. The number of hydrogen-bond acceptors (Lipinski definition) is 2. The predicted octanol–water partition coefficient (Wildman–Crippen LogP) is 4.45. The summed E-state index contributed by atoms with van der Waals surface area (Å²) in [4.78, 5) is 0. The van der Waals surface area contributed by atoms with Gasteiger partial charge in [-0.15, -0.1) is 0 Å².